The highest BCUT2D eigenvalue weighted by Gasteiger charge is 2.27. The Labute approximate surface area is 172 Å². The molecule has 2 aromatic rings. The number of aromatic nitrogens is 1. The molecular formula is C19H20N6OS2. The van der Waals surface area contributed by atoms with Gasteiger partial charge in [-0.3, -0.25) is 4.79 Å². The summed E-state index contributed by atoms with van der Waals surface area (Å²) >= 11 is 2.66. The number of carbonyl (C=O) groups is 1. The van der Waals surface area contributed by atoms with Crippen molar-refractivity contribution < 1.29 is 4.79 Å². The molecule has 1 fully saturated rings. The zero-order valence-electron chi connectivity index (χ0n) is 15.4. The van der Waals surface area contributed by atoms with Gasteiger partial charge >= 0.3 is 0 Å². The van der Waals surface area contributed by atoms with Crippen LogP contribution in [0.25, 0.3) is 0 Å². The molecule has 0 saturated carbocycles. The second-order valence-corrected chi connectivity index (χ2v) is 8.11. The van der Waals surface area contributed by atoms with E-state index in [0.717, 1.165) is 31.7 Å². The Morgan fingerprint density at radius 2 is 2.11 bits per heavy atom. The molecule has 1 unspecified atom stereocenters. The Balaban J connectivity index is 2.12. The van der Waals surface area contributed by atoms with E-state index in [2.05, 4.69) is 22.4 Å². The summed E-state index contributed by atoms with van der Waals surface area (Å²) in [5.74, 6) is 0.0936. The predicted molar refractivity (Wildman–Crippen MR) is 110 cm³/mol. The van der Waals surface area contributed by atoms with E-state index >= 15 is 0 Å². The molecule has 9 heteroatoms. The largest absolute Gasteiger partial charge is 0.368 e. The highest BCUT2D eigenvalue weighted by atomic mass is 32.2. The van der Waals surface area contributed by atoms with E-state index in [1.165, 1.54) is 23.1 Å². The second-order valence-electron chi connectivity index (χ2n) is 6.24. The number of nitrogens with one attached hydrogen (secondary N) is 1. The molecule has 3 N–H and O–H groups in total. The number of nitrogens with zero attached hydrogens (tertiary/aromatic N) is 4. The summed E-state index contributed by atoms with van der Waals surface area (Å²) in [7, 11) is 0. The van der Waals surface area contributed by atoms with Gasteiger partial charge in [0.2, 0.25) is 5.91 Å². The van der Waals surface area contributed by atoms with Crippen LogP contribution in [0.5, 0.6) is 0 Å². The van der Waals surface area contributed by atoms with E-state index < -0.39 is 11.2 Å². The average Bonchev–Trinajstić information content (AvgIpc) is 3.25. The summed E-state index contributed by atoms with van der Waals surface area (Å²) < 4.78 is 0. The van der Waals surface area contributed by atoms with Crippen molar-refractivity contribution in [2.75, 3.05) is 31.1 Å². The van der Waals surface area contributed by atoms with Crippen LogP contribution in [0.15, 0.2) is 21.9 Å². The third-order valence-corrected chi connectivity index (χ3v) is 6.54. The van der Waals surface area contributed by atoms with Gasteiger partial charge in [-0.05, 0) is 34.4 Å². The fourth-order valence-electron chi connectivity index (χ4n) is 3.20. The van der Waals surface area contributed by atoms with E-state index in [1.54, 1.807) is 0 Å². The van der Waals surface area contributed by atoms with Crippen molar-refractivity contribution in [1.29, 1.82) is 10.5 Å². The number of piperazine rings is 1. The number of pyridine rings is 1. The average molecular weight is 413 g/mol. The van der Waals surface area contributed by atoms with Crippen molar-refractivity contribution in [1.82, 2.24) is 10.3 Å². The number of nitriles is 2. The number of amides is 1. The molecule has 0 spiro atoms. The summed E-state index contributed by atoms with van der Waals surface area (Å²) in [6.45, 7) is 4.97. The van der Waals surface area contributed by atoms with Crippen molar-refractivity contribution in [3.8, 4) is 12.1 Å². The molecule has 0 aliphatic carbocycles. The molecule has 2 aromatic heterocycles. The third-order valence-electron chi connectivity index (χ3n) is 4.58. The third kappa shape index (κ3) is 3.97. The standard InChI is InChI=1S/C19H20N6OS2/c1-2-13-14(9-20)18(25-6-4-23-5-7-25)24-19(15(13)10-21)28-16(17(22)26)12-3-8-27-11-12/h3,8,11,16,23H,2,4-7H2,1H3,(H2,22,26). The van der Waals surface area contributed by atoms with E-state index in [1.807, 2.05) is 23.8 Å². The lowest BCUT2D eigenvalue weighted by Crippen LogP contribution is -2.44. The SMILES string of the molecule is CCc1c(C#N)c(SC(C(N)=O)c2ccsc2)nc(N2CCNCC2)c1C#N. The van der Waals surface area contributed by atoms with Crippen molar-refractivity contribution >= 4 is 34.8 Å². The number of rotatable bonds is 6. The normalized spacial score (nSPS) is 14.9. The molecule has 0 radical (unpaired) electrons. The first-order valence-corrected chi connectivity index (χ1v) is 10.7. The van der Waals surface area contributed by atoms with Crippen LogP contribution < -0.4 is 16.0 Å². The molecule has 1 aliphatic rings. The first-order valence-electron chi connectivity index (χ1n) is 8.91. The number of nitrogens with two attached hydrogens (primary N) is 1. The number of primary amides is 1. The van der Waals surface area contributed by atoms with Crippen LogP contribution in [-0.2, 0) is 11.2 Å². The second kappa shape index (κ2) is 9.07. The maximum absolute atomic E-state index is 12.1. The van der Waals surface area contributed by atoms with Crippen LogP contribution in [-0.4, -0.2) is 37.1 Å². The molecule has 3 heterocycles. The first-order chi connectivity index (χ1) is 13.6. The highest BCUT2D eigenvalue weighted by molar-refractivity contribution is 8.00. The topological polar surface area (TPSA) is 119 Å². The summed E-state index contributed by atoms with van der Waals surface area (Å²) in [5.41, 5.74) is 7.89. The van der Waals surface area contributed by atoms with Gasteiger partial charge in [0.15, 0.2) is 0 Å². The molecule has 3 rings (SSSR count). The molecule has 1 atom stereocenters. The maximum atomic E-state index is 12.1. The molecule has 0 aromatic carbocycles. The van der Waals surface area contributed by atoms with Gasteiger partial charge in [-0.1, -0.05) is 18.7 Å². The van der Waals surface area contributed by atoms with Crippen LogP contribution in [0.1, 0.15) is 34.4 Å². The van der Waals surface area contributed by atoms with Gasteiger partial charge in [-0.25, -0.2) is 4.98 Å². The van der Waals surface area contributed by atoms with Gasteiger partial charge in [0.1, 0.15) is 28.2 Å². The fourth-order valence-corrected chi connectivity index (χ4v) is 5.02. The van der Waals surface area contributed by atoms with Crippen LogP contribution in [0.2, 0.25) is 0 Å². The van der Waals surface area contributed by atoms with E-state index in [9.17, 15) is 15.3 Å². The van der Waals surface area contributed by atoms with Gasteiger partial charge in [0.25, 0.3) is 0 Å². The first kappa shape index (κ1) is 20.2. The van der Waals surface area contributed by atoms with Crippen molar-refractivity contribution in [3.05, 3.63) is 39.1 Å². The van der Waals surface area contributed by atoms with Crippen molar-refractivity contribution in [2.45, 2.75) is 23.6 Å². The predicted octanol–water partition coefficient (Wildman–Crippen LogP) is 2.18. The van der Waals surface area contributed by atoms with Crippen molar-refractivity contribution in [2.24, 2.45) is 5.73 Å². The van der Waals surface area contributed by atoms with Gasteiger partial charge < -0.3 is 16.0 Å². The van der Waals surface area contributed by atoms with Crippen LogP contribution in [0.4, 0.5) is 5.82 Å². The van der Waals surface area contributed by atoms with E-state index in [-0.39, 0.29) is 0 Å². The quantitative estimate of drug-likeness (QED) is 0.698. The van der Waals surface area contributed by atoms with Crippen LogP contribution in [0.3, 0.4) is 0 Å². The fraction of sp³-hybridized carbons (Fsp3) is 0.368. The number of hydrogen-bond donors (Lipinski definition) is 2. The number of hydrogen-bond acceptors (Lipinski definition) is 8. The van der Waals surface area contributed by atoms with Crippen molar-refractivity contribution in [3.63, 3.8) is 0 Å². The minimum atomic E-state index is -0.639. The number of carbonyl (C=O) groups excluding carboxylic acids is 1. The van der Waals surface area contributed by atoms with Gasteiger partial charge in [0.05, 0.1) is 11.1 Å². The molecule has 1 saturated heterocycles. The Hall–Kier alpha value is -2.59. The summed E-state index contributed by atoms with van der Waals surface area (Å²) in [6, 6.07) is 6.29. The van der Waals surface area contributed by atoms with Crippen LogP contribution in [0, 0.1) is 22.7 Å². The number of thiophene rings is 1. The zero-order chi connectivity index (χ0) is 20.1. The monoisotopic (exact) mass is 412 g/mol. The van der Waals surface area contributed by atoms with E-state index in [0.29, 0.717) is 34.0 Å². The van der Waals surface area contributed by atoms with E-state index in [4.69, 9.17) is 10.7 Å². The maximum Gasteiger partial charge on any atom is 0.235 e. The summed E-state index contributed by atoms with van der Waals surface area (Å²) in [6.07, 6.45) is 0.528. The van der Waals surface area contributed by atoms with Gasteiger partial charge in [-0.15, -0.1) is 0 Å². The van der Waals surface area contributed by atoms with Gasteiger partial charge in [0, 0.05) is 26.2 Å². The zero-order valence-corrected chi connectivity index (χ0v) is 17.1. The lowest BCUT2D eigenvalue weighted by Gasteiger charge is -2.30. The Morgan fingerprint density at radius 1 is 1.39 bits per heavy atom. The molecular weight excluding hydrogens is 392 g/mol. The molecule has 1 aliphatic heterocycles. The summed E-state index contributed by atoms with van der Waals surface area (Å²) in [5, 5.41) is 26.4. The molecule has 0 bridgehead atoms. The lowest BCUT2D eigenvalue weighted by molar-refractivity contribution is -0.117. The molecule has 7 nitrogen and oxygen atoms in total. The molecule has 144 valence electrons. The minimum absolute atomic E-state index is 0.351. The summed E-state index contributed by atoms with van der Waals surface area (Å²) in [4.78, 5) is 18.8. The minimum Gasteiger partial charge on any atom is -0.368 e. The highest BCUT2D eigenvalue weighted by Crippen LogP contribution is 2.40. The van der Waals surface area contributed by atoms with Crippen LogP contribution >= 0.6 is 23.1 Å². The molecule has 1 amide bonds. The number of anilines is 1. The molecule has 28 heavy (non-hydrogen) atoms. The Bertz CT molecular complexity index is 939. The Morgan fingerprint density at radius 3 is 2.64 bits per heavy atom. The lowest BCUT2D eigenvalue weighted by atomic mass is 10.0. The smallest absolute Gasteiger partial charge is 0.235 e. The van der Waals surface area contributed by atoms with Gasteiger partial charge in [-0.2, -0.15) is 21.9 Å². The Kier molecular flexibility index (Phi) is 6.53. The number of thioether (sulfide) groups is 1.